The van der Waals surface area contributed by atoms with Crippen LogP contribution < -0.4 is 11.1 Å². The van der Waals surface area contributed by atoms with E-state index >= 15 is 0 Å². The molecule has 0 aliphatic rings. The second kappa shape index (κ2) is 8.95. The van der Waals surface area contributed by atoms with Gasteiger partial charge in [-0.3, -0.25) is 9.59 Å². The van der Waals surface area contributed by atoms with Crippen molar-refractivity contribution in [2.45, 2.75) is 32.3 Å². The third-order valence-electron chi connectivity index (χ3n) is 2.58. The third kappa shape index (κ3) is 7.70. The molecule has 6 nitrogen and oxygen atoms in total. The Hall–Kier alpha value is -1.14. The van der Waals surface area contributed by atoms with Crippen molar-refractivity contribution >= 4 is 11.9 Å². The highest BCUT2D eigenvalue weighted by molar-refractivity contribution is 5.80. The molecule has 4 N–H and O–H groups in total. The predicted octanol–water partition coefficient (Wildman–Crippen LogP) is -0.0327. The summed E-state index contributed by atoms with van der Waals surface area (Å²) in [5.74, 6) is -0.742. The smallest absolute Gasteiger partial charge is 0.303 e. The van der Waals surface area contributed by atoms with Crippen LogP contribution in [0, 0.1) is 5.92 Å². The van der Waals surface area contributed by atoms with Gasteiger partial charge in [0.15, 0.2) is 0 Å². The van der Waals surface area contributed by atoms with Crippen molar-refractivity contribution in [3.63, 3.8) is 0 Å². The molecule has 0 aliphatic carbocycles. The van der Waals surface area contributed by atoms with Gasteiger partial charge < -0.3 is 20.9 Å². The molecule has 0 spiro atoms. The first-order chi connectivity index (χ1) is 8.01. The topological polar surface area (TPSA) is 102 Å². The summed E-state index contributed by atoms with van der Waals surface area (Å²) < 4.78 is 4.88. The molecule has 17 heavy (non-hydrogen) atoms. The molecular weight excluding hydrogens is 224 g/mol. The standard InChI is InChI=1S/C11H22N2O4/c1-8(3-4-10(14)15)5-6-13-11(16)9(7-12)17-2/h8-9H,3-7,12H2,1-2H3,(H,13,16)(H,14,15). The van der Waals surface area contributed by atoms with Gasteiger partial charge in [0, 0.05) is 26.6 Å². The number of hydrogen-bond donors (Lipinski definition) is 3. The SMILES string of the molecule is COC(CN)C(=O)NCCC(C)CCC(=O)O. The van der Waals surface area contributed by atoms with Crippen molar-refractivity contribution in [2.24, 2.45) is 11.7 Å². The summed E-state index contributed by atoms with van der Waals surface area (Å²) in [5, 5.41) is 11.2. The Kier molecular flexibility index (Phi) is 8.35. The van der Waals surface area contributed by atoms with E-state index in [1.54, 1.807) is 0 Å². The maximum absolute atomic E-state index is 11.4. The summed E-state index contributed by atoms with van der Waals surface area (Å²) in [6.45, 7) is 2.63. The molecule has 0 radical (unpaired) electrons. The second-order valence-corrected chi connectivity index (χ2v) is 4.08. The zero-order chi connectivity index (χ0) is 13.3. The van der Waals surface area contributed by atoms with Crippen molar-refractivity contribution in [2.75, 3.05) is 20.2 Å². The maximum atomic E-state index is 11.4. The minimum absolute atomic E-state index is 0.150. The molecule has 0 fully saturated rings. The van der Waals surface area contributed by atoms with Crippen LogP contribution in [0.1, 0.15) is 26.2 Å². The van der Waals surface area contributed by atoms with Gasteiger partial charge in [0.2, 0.25) is 5.91 Å². The van der Waals surface area contributed by atoms with Gasteiger partial charge in [-0.05, 0) is 18.8 Å². The molecule has 0 aromatic rings. The molecule has 100 valence electrons. The normalized spacial score (nSPS) is 14.1. The Morgan fingerprint density at radius 3 is 2.53 bits per heavy atom. The van der Waals surface area contributed by atoms with Gasteiger partial charge in [0.25, 0.3) is 0 Å². The van der Waals surface area contributed by atoms with E-state index in [0.29, 0.717) is 13.0 Å². The summed E-state index contributed by atoms with van der Waals surface area (Å²) >= 11 is 0. The zero-order valence-electron chi connectivity index (χ0n) is 10.4. The first-order valence-corrected chi connectivity index (χ1v) is 5.73. The van der Waals surface area contributed by atoms with E-state index in [0.717, 1.165) is 6.42 Å². The molecule has 2 atom stereocenters. The van der Waals surface area contributed by atoms with E-state index in [1.807, 2.05) is 6.92 Å². The van der Waals surface area contributed by atoms with Crippen LogP contribution in [0.2, 0.25) is 0 Å². The van der Waals surface area contributed by atoms with E-state index in [1.165, 1.54) is 7.11 Å². The number of rotatable bonds is 9. The van der Waals surface area contributed by atoms with Gasteiger partial charge in [-0.15, -0.1) is 0 Å². The van der Waals surface area contributed by atoms with Crippen molar-refractivity contribution in [3.05, 3.63) is 0 Å². The number of carbonyl (C=O) groups excluding carboxylic acids is 1. The quantitative estimate of drug-likeness (QED) is 0.530. The van der Waals surface area contributed by atoms with Crippen LogP contribution in [0.25, 0.3) is 0 Å². The minimum Gasteiger partial charge on any atom is -0.481 e. The van der Waals surface area contributed by atoms with E-state index in [-0.39, 0.29) is 24.8 Å². The molecule has 0 aromatic carbocycles. The van der Waals surface area contributed by atoms with Crippen LogP contribution in [-0.4, -0.2) is 43.3 Å². The number of methoxy groups -OCH3 is 1. The van der Waals surface area contributed by atoms with Crippen LogP contribution in [0.15, 0.2) is 0 Å². The Morgan fingerprint density at radius 2 is 2.06 bits per heavy atom. The molecule has 0 aromatic heterocycles. The lowest BCUT2D eigenvalue weighted by atomic mass is 10.0. The van der Waals surface area contributed by atoms with E-state index in [4.69, 9.17) is 15.6 Å². The Morgan fingerprint density at radius 1 is 1.41 bits per heavy atom. The zero-order valence-corrected chi connectivity index (χ0v) is 10.4. The minimum atomic E-state index is -0.788. The van der Waals surface area contributed by atoms with Crippen LogP contribution in [0.4, 0.5) is 0 Å². The average molecular weight is 246 g/mol. The maximum Gasteiger partial charge on any atom is 0.303 e. The second-order valence-electron chi connectivity index (χ2n) is 4.08. The van der Waals surface area contributed by atoms with Crippen molar-refractivity contribution in [3.8, 4) is 0 Å². The number of hydrogen-bond acceptors (Lipinski definition) is 4. The summed E-state index contributed by atoms with van der Waals surface area (Å²) in [6.07, 6.45) is 0.929. The molecular formula is C11H22N2O4. The van der Waals surface area contributed by atoms with Gasteiger partial charge >= 0.3 is 5.97 Å². The van der Waals surface area contributed by atoms with Crippen molar-refractivity contribution in [1.29, 1.82) is 0 Å². The highest BCUT2D eigenvalue weighted by atomic mass is 16.5. The monoisotopic (exact) mass is 246 g/mol. The lowest BCUT2D eigenvalue weighted by molar-refractivity contribution is -0.137. The van der Waals surface area contributed by atoms with Crippen LogP contribution in [-0.2, 0) is 14.3 Å². The van der Waals surface area contributed by atoms with Crippen LogP contribution in [0.3, 0.4) is 0 Å². The molecule has 0 saturated heterocycles. The van der Waals surface area contributed by atoms with E-state index in [9.17, 15) is 9.59 Å². The van der Waals surface area contributed by atoms with Crippen LogP contribution in [0.5, 0.6) is 0 Å². The van der Waals surface area contributed by atoms with Gasteiger partial charge in [-0.1, -0.05) is 6.92 Å². The van der Waals surface area contributed by atoms with E-state index in [2.05, 4.69) is 5.32 Å². The highest BCUT2D eigenvalue weighted by Gasteiger charge is 2.15. The molecule has 2 unspecified atom stereocenters. The summed E-state index contributed by atoms with van der Waals surface area (Å²) in [5.41, 5.74) is 5.35. The molecule has 1 amide bonds. The van der Waals surface area contributed by atoms with Gasteiger partial charge in [-0.25, -0.2) is 0 Å². The van der Waals surface area contributed by atoms with Crippen molar-refractivity contribution < 1.29 is 19.4 Å². The number of ether oxygens (including phenoxy) is 1. The van der Waals surface area contributed by atoms with Gasteiger partial charge in [0.1, 0.15) is 6.10 Å². The Labute approximate surface area is 102 Å². The number of carboxylic acid groups (broad SMARTS) is 1. The summed E-state index contributed by atoms with van der Waals surface area (Å²) in [7, 11) is 1.44. The van der Waals surface area contributed by atoms with Gasteiger partial charge in [0.05, 0.1) is 0 Å². The number of nitrogens with two attached hydrogens (primary N) is 1. The fourth-order valence-electron chi connectivity index (χ4n) is 1.38. The third-order valence-corrected chi connectivity index (χ3v) is 2.58. The molecule has 0 bridgehead atoms. The van der Waals surface area contributed by atoms with E-state index < -0.39 is 12.1 Å². The van der Waals surface area contributed by atoms with Gasteiger partial charge in [-0.2, -0.15) is 0 Å². The summed E-state index contributed by atoms with van der Waals surface area (Å²) in [4.78, 5) is 21.8. The van der Waals surface area contributed by atoms with Crippen molar-refractivity contribution in [1.82, 2.24) is 5.32 Å². The number of carbonyl (C=O) groups is 2. The lowest BCUT2D eigenvalue weighted by Gasteiger charge is -2.14. The molecule has 0 aliphatic heterocycles. The largest absolute Gasteiger partial charge is 0.481 e. The highest BCUT2D eigenvalue weighted by Crippen LogP contribution is 2.09. The lowest BCUT2D eigenvalue weighted by Crippen LogP contribution is -2.41. The number of amides is 1. The Balaban J connectivity index is 3.68. The molecule has 0 rings (SSSR count). The fourth-order valence-corrected chi connectivity index (χ4v) is 1.38. The fraction of sp³-hybridized carbons (Fsp3) is 0.818. The number of carboxylic acids is 1. The first kappa shape index (κ1) is 15.9. The van der Waals surface area contributed by atoms with Crippen LogP contribution >= 0.6 is 0 Å². The number of aliphatic carboxylic acids is 1. The molecule has 0 heterocycles. The average Bonchev–Trinajstić information content (AvgIpc) is 2.28. The first-order valence-electron chi connectivity index (χ1n) is 5.73. The molecule has 6 heteroatoms. The molecule has 0 saturated carbocycles. The predicted molar refractivity (Wildman–Crippen MR) is 63.5 cm³/mol. The Bertz CT molecular complexity index is 242. The summed E-state index contributed by atoms with van der Waals surface area (Å²) in [6, 6.07) is 0. The number of nitrogens with one attached hydrogen (secondary N) is 1.